The van der Waals surface area contributed by atoms with Crippen molar-refractivity contribution in [2.75, 3.05) is 5.32 Å². The average molecular weight is 228 g/mol. The van der Waals surface area contributed by atoms with Gasteiger partial charge in [0.2, 0.25) is 0 Å². The predicted molar refractivity (Wildman–Crippen MR) is 64.2 cm³/mol. The van der Waals surface area contributed by atoms with E-state index in [4.69, 9.17) is 0 Å². The minimum Gasteiger partial charge on any atom is -0.337 e. The number of anilines is 2. The maximum absolute atomic E-state index is 4.43. The molecule has 0 saturated carbocycles. The van der Waals surface area contributed by atoms with Gasteiger partial charge in [-0.05, 0) is 13.0 Å². The van der Waals surface area contributed by atoms with E-state index in [-0.39, 0.29) is 0 Å². The van der Waals surface area contributed by atoms with Gasteiger partial charge in [-0.1, -0.05) is 0 Å². The topological polar surface area (TPSA) is 60.0 Å². The molecule has 6 nitrogen and oxygen atoms in total. The summed E-state index contributed by atoms with van der Waals surface area (Å²) in [6.07, 6.45) is 5.52. The van der Waals surface area contributed by atoms with Crippen molar-refractivity contribution in [3.63, 3.8) is 0 Å². The summed E-state index contributed by atoms with van der Waals surface area (Å²) < 4.78 is 3.50. The largest absolute Gasteiger partial charge is 0.337 e. The number of hydrogen-bond acceptors (Lipinski definition) is 4. The molecular weight excluding hydrogens is 216 g/mol. The molecule has 3 heterocycles. The Morgan fingerprint density at radius 3 is 2.94 bits per heavy atom. The average Bonchev–Trinajstić information content (AvgIpc) is 2.85. The van der Waals surface area contributed by atoms with Crippen molar-refractivity contribution >= 4 is 17.2 Å². The number of aryl methyl sites for hydroxylation is 2. The Balaban J connectivity index is 1.96. The molecule has 0 fully saturated rings. The van der Waals surface area contributed by atoms with Gasteiger partial charge in [0.1, 0.15) is 5.82 Å². The van der Waals surface area contributed by atoms with E-state index in [9.17, 15) is 0 Å². The van der Waals surface area contributed by atoms with Crippen molar-refractivity contribution in [2.24, 2.45) is 7.05 Å². The van der Waals surface area contributed by atoms with Crippen LogP contribution in [0, 0.1) is 6.92 Å². The van der Waals surface area contributed by atoms with Crippen LogP contribution < -0.4 is 5.32 Å². The van der Waals surface area contributed by atoms with Crippen molar-refractivity contribution < 1.29 is 0 Å². The standard InChI is InChI=1S/C11H12N6/c1-8-9(7-16(2)15-8)13-10-4-6-17-11(14-10)3-5-12-17/h3-7H,1-2H3,(H,13,14). The lowest BCUT2D eigenvalue weighted by molar-refractivity contribution is 0.756. The summed E-state index contributed by atoms with van der Waals surface area (Å²) in [5.74, 6) is 0.786. The van der Waals surface area contributed by atoms with Crippen LogP contribution in [0.5, 0.6) is 0 Å². The highest BCUT2D eigenvalue weighted by molar-refractivity contribution is 5.59. The quantitative estimate of drug-likeness (QED) is 0.722. The van der Waals surface area contributed by atoms with Gasteiger partial charge in [-0.15, -0.1) is 0 Å². The van der Waals surface area contributed by atoms with Crippen LogP contribution in [0.4, 0.5) is 11.5 Å². The fourth-order valence-electron chi connectivity index (χ4n) is 1.74. The minimum atomic E-state index is 0.786. The first-order chi connectivity index (χ1) is 8.22. The number of aromatic nitrogens is 5. The molecule has 0 unspecified atom stereocenters. The van der Waals surface area contributed by atoms with Gasteiger partial charge in [0.05, 0.1) is 17.6 Å². The van der Waals surface area contributed by atoms with Gasteiger partial charge in [0.15, 0.2) is 5.65 Å². The molecule has 0 saturated heterocycles. The van der Waals surface area contributed by atoms with E-state index in [1.165, 1.54) is 0 Å². The molecule has 0 bridgehead atoms. The monoisotopic (exact) mass is 228 g/mol. The number of nitrogens with one attached hydrogen (secondary N) is 1. The van der Waals surface area contributed by atoms with Gasteiger partial charge in [-0.2, -0.15) is 10.2 Å². The Hall–Kier alpha value is -2.37. The lowest BCUT2D eigenvalue weighted by Gasteiger charge is -2.03. The molecule has 6 heteroatoms. The van der Waals surface area contributed by atoms with Gasteiger partial charge in [0.25, 0.3) is 0 Å². The highest BCUT2D eigenvalue weighted by atomic mass is 15.3. The summed E-state index contributed by atoms with van der Waals surface area (Å²) in [5, 5.41) is 11.6. The van der Waals surface area contributed by atoms with E-state index >= 15 is 0 Å². The third kappa shape index (κ3) is 1.73. The Kier molecular flexibility index (Phi) is 2.07. The van der Waals surface area contributed by atoms with Crippen molar-refractivity contribution in [2.45, 2.75) is 6.92 Å². The van der Waals surface area contributed by atoms with Gasteiger partial charge in [-0.25, -0.2) is 9.50 Å². The van der Waals surface area contributed by atoms with Crippen LogP contribution in [0.25, 0.3) is 5.65 Å². The molecule has 0 aliphatic carbocycles. The van der Waals surface area contributed by atoms with Crippen LogP contribution in [0.15, 0.2) is 30.7 Å². The third-order valence-electron chi connectivity index (χ3n) is 2.53. The molecule has 0 amide bonds. The molecule has 0 aliphatic rings. The van der Waals surface area contributed by atoms with Crippen LogP contribution in [-0.2, 0) is 7.05 Å². The van der Waals surface area contributed by atoms with Gasteiger partial charge in [0, 0.05) is 25.5 Å². The lowest BCUT2D eigenvalue weighted by atomic mass is 10.4. The molecular formula is C11H12N6. The maximum atomic E-state index is 4.43. The number of fused-ring (bicyclic) bond motifs is 1. The Labute approximate surface area is 97.9 Å². The van der Waals surface area contributed by atoms with Gasteiger partial charge >= 0.3 is 0 Å². The summed E-state index contributed by atoms with van der Waals surface area (Å²) in [7, 11) is 1.89. The fraction of sp³-hybridized carbons (Fsp3) is 0.182. The molecule has 3 aromatic heterocycles. The van der Waals surface area contributed by atoms with Gasteiger partial charge < -0.3 is 5.32 Å². The number of nitrogens with zero attached hydrogens (tertiary/aromatic N) is 5. The van der Waals surface area contributed by atoms with Crippen molar-refractivity contribution in [3.05, 3.63) is 36.4 Å². The second-order valence-corrected chi connectivity index (χ2v) is 3.87. The summed E-state index contributed by atoms with van der Waals surface area (Å²) in [6.45, 7) is 1.96. The van der Waals surface area contributed by atoms with E-state index in [0.717, 1.165) is 22.8 Å². The minimum absolute atomic E-state index is 0.786. The molecule has 17 heavy (non-hydrogen) atoms. The zero-order chi connectivity index (χ0) is 11.8. The predicted octanol–water partition coefficient (Wildman–Crippen LogP) is 1.51. The summed E-state index contributed by atoms with van der Waals surface area (Å²) in [5.41, 5.74) is 2.73. The molecule has 86 valence electrons. The van der Waals surface area contributed by atoms with E-state index in [1.807, 2.05) is 38.5 Å². The Morgan fingerprint density at radius 1 is 1.29 bits per heavy atom. The van der Waals surface area contributed by atoms with Crippen LogP contribution in [0.2, 0.25) is 0 Å². The van der Waals surface area contributed by atoms with Crippen LogP contribution >= 0.6 is 0 Å². The molecule has 0 aromatic carbocycles. The molecule has 0 radical (unpaired) electrons. The lowest BCUT2D eigenvalue weighted by Crippen LogP contribution is -1.96. The summed E-state index contributed by atoms with van der Waals surface area (Å²) >= 11 is 0. The number of rotatable bonds is 2. The first-order valence-corrected chi connectivity index (χ1v) is 5.30. The molecule has 3 aromatic rings. The smallest absolute Gasteiger partial charge is 0.157 e. The third-order valence-corrected chi connectivity index (χ3v) is 2.53. The summed E-state index contributed by atoms with van der Waals surface area (Å²) in [4.78, 5) is 4.43. The Bertz CT molecular complexity index is 665. The van der Waals surface area contributed by atoms with Gasteiger partial charge in [-0.3, -0.25) is 4.68 Å². The fourth-order valence-corrected chi connectivity index (χ4v) is 1.74. The molecule has 0 aliphatic heterocycles. The highest BCUT2D eigenvalue weighted by Crippen LogP contribution is 2.17. The zero-order valence-corrected chi connectivity index (χ0v) is 9.62. The second-order valence-electron chi connectivity index (χ2n) is 3.87. The zero-order valence-electron chi connectivity index (χ0n) is 9.62. The van der Waals surface area contributed by atoms with E-state index in [1.54, 1.807) is 15.4 Å². The van der Waals surface area contributed by atoms with E-state index < -0.39 is 0 Å². The van der Waals surface area contributed by atoms with Crippen LogP contribution in [0.1, 0.15) is 5.69 Å². The van der Waals surface area contributed by atoms with E-state index in [2.05, 4.69) is 20.5 Å². The Morgan fingerprint density at radius 2 is 2.18 bits per heavy atom. The normalized spacial score (nSPS) is 10.9. The first kappa shape index (κ1) is 9.83. The SMILES string of the molecule is Cc1nn(C)cc1Nc1ccn2nccc2n1. The highest BCUT2D eigenvalue weighted by Gasteiger charge is 2.04. The summed E-state index contributed by atoms with van der Waals surface area (Å²) in [6, 6.07) is 3.74. The molecule has 0 atom stereocenters. The molecule has 1 N–H and O–H groups in total. The van der Waals surface area contributed by atoms with E-state index in [0.29, 0.717) is 0 Å². The molecule has 0 spiro atoms. The van der Waals surface area contributed by atoms with Crippen LogP contribution in [-0.4, -0.2) is 24.4 Å². The van der Waals surface area contributed by atoms with Crippen molar-refractivity contribution in [3.8, 4) is 0 Å². The van der Waals surface area contributed by atoms with Crippen molar-refractivity contribution in [1.82, 2.24) is 24.4 Å². The van der Waals surface area contributed by atoms with Crippen molar-refractivity contribution in [1.29, 1.82) is 0 Å². The number of hydrogen-bond donors (Lipinski definition) is 1. The maximum Gasteiger partial charge on any atom is 0.157 e. The first-order valence-electron chi connectivity index (χ1n) is 5.30. The van der Waals surface area contributed by atoms with Crippen LogP contribution in [0.3, 0.4) is 0 Å². The second kappa shape index (κ2) is 3.58. The molecule has 3 rings (SSSR count).